The van der Waals surface area contributed by atoms with E-state index in [1.165, 1.54) is 32.9 Å². The van der Waals surface area contributed by atoms with Gasteiger partial charge in [0.25, 0.3) is 0 Å². The van der Waals surface area contributed by atoms with Gasteiger partial charge in [-0.1, -0.05) is 159 Å². The summed E-state index contributed by atoms with van der Waals surface area (Å²) in [6, 6.07) is 3.93. The maximum atomic E-state index is 14.1. The number of ether oxygens (including phenoxy) is 6. The number of aryl methyl sites for hydroxylation is 3. The normalized spacial score (nSPS) is 28.7. The van der Waals surface area contributed by atoms with E-state index in [2.05, 4.69) is 45.9 Å². The number of alkyl halides is 9. The first-order chi connectivity index (χ1) is 62.2. The van der Waals surface area contributed by atoms with E-state index in [4.69, 9.17) is 28.4 Å². The fourth-order valence-corrected chi connectivity index (χ4v) is 19.7. The standard InChI is InChI=1S/C33H42F3N4O5.C32H40F3N4O5.C31H38F3N4O5.3V/c1-5-21-25(18-41)40-17-27(21)44-29-23(37-22-15-14-20(33(34,35)36)16-24(22)38-29)12-8-6-7-10-19-11-9-13-26(19)45-31(43)39-28(30(40)42)32(2,3)4;1-6-20-24(17-40)39-16-25(20)43-27-22(36-21-13-12-18(32(33,34)35)14-23(21)37-27)11-9-7-8-10-19-15-31(19,5)44-29(42)38-26(28(39)41)30(2,3)4;1-5-19-23(16-39)38-15-25(19)42-27-21(35-20-12-11-18(31(32,33)34)14-22(20)36-27)10-8-6-7-9-17-13-24(17)43-29(41)37-26(28(38)40)30(2,3)4;;;/h14-16,19,21,25-28H,5-13,17H2,1-4H3,(H,39,43);12-14,19-20,24-26H,6-11,15-16H2,1-5H3,(H,38,42);11-12,14,17,19,23-26H,5-10,13,15H2,1-4H3,(H,37,41);;;/q3*-1;;;/t19-,21+,25-,26-,27+,28-;19-,20+,24-,25+,26-,31-;17-,19+,23-,24-,25+,26-;;;/m111.../s1. The summed E-state index contributed by atoms with van der Waals surface area (Å²) in [5.74, 6) is -1.79. The van der Waals surface area contributed by atoms with Crippen molar-refractivity contribution in [2.24, 2.45) is 51.8 Å². The number of benzene rings is 3. The molecule has 0 spiro atoms. The molecule has 3 saturated heterocycles. The summed E-state index contributed by atoms with van der Waals surface area (Å²) < 4.78 is 158. The molecule has 9 heterocycles. The van der Waals surface area contributed by atoms with Crippen LogP contribution < -0.4 is 30.2 Å². The number of aromatic nitrogens is 6. The van der Waals surface area contributed by atoms with Gasteiger partial charge in [-0.15, -0.1) is 0 Å². The van der Waals surface area contributed by atoms with Crippen LogP contribution in [0.4, 0.5) is 53.9 Å². The average molecular weight is 2010 g/mol. The summed E-state index contributed by atoms with van der Waals surface area (Å²) in [6.45, 7) is 23.9. The van der Waals surface area contributed by atoms with Crippen LogP contribution in [0, 0.1) is 51.8 Å². The fraction of sp³-hybridized carbons (Fsp3) is 0.656. The van der Waals surface area contributed by atoms with Gasteiger partial charge in [-0.3, -0.25) is 14.4 Å². The maximum absolute atomic E-state index is 14.1. The van der Waals surface area contributed by atoms with Gasteiger partial charge in [0.2, 0.25) is 35.4 Å². The molecule has 6 fully saturated rings. The predicted molar refractivity (Wildman–Crippen MR) is 466 cm³/mol. The van der Waals surface area contributed by atoms with E-state index in [-0.39, 0.29) is 139 Å². The minimum atomic E-state index is -4.55. The van der Waals surface area contributed by atoms with Gasteiger partial charge >= 0.3 is 36.8 Å². The van der Waals surface area contributed by atoms with Gasteiger partial charge in [-0.05, 0) is 197 Å². The second kappa shape index (κ2) is 44.3. The van der Waals surface area contributed by atoms with Gasteiger partial charge in [0, 0.05) is 61.6 Å². The second-order valence-electron chi connectivity index (χ2n) is 40.2. The van der Waals surface area contributed by atoms with Gasteiger partial charge in [0.15, 0.2) is 0 Å². The minimum absolute atomic E-state index is 0. The Kier molecular flexibility index (Phi) is 35.6. The Morgan fingerprint density at radius 3 is 1.03 bits per heavy atom. The van der Waals surface area contributed by atoms with Crippen molar-refractivity contribution in [1.29, 1.82) is 0 Å². The van der Waals surface area contributed by atoms with Crippen molar-refractivity contribution in [1.82, 2.24) is 60.6 Å². The number of amides is 6. The van der Waals surface area contributed by atoms with Gasteiger partial charge in [-0.25, -0.2) is 63.1 Å². The van der Waals surface area contributed by atoms with Crippen molar-refractivity contribution < 1.29 is 167 Å². The third-order valence-electron chi connectivity index (χ3n) is 27.5. The average Bonchev–Trinajstić information content (AvgIpc) is 1.64. The third-order valence-corrected chi connectivity index (χ3v) is 27.5. The Morgan fingerprint density at radius 2 is 0.704 bits per heavy atom. The number of nitrogens with zero attached hydrogens (tertiary/aromatic N) is 9. The molecule has 18 atom stereocenters. The van der Waals surface area contributed by atoms with Gasteiger partial charge in [0.05, 0.1) is 69.4 Å². The van der Waals surface area contributed by atoms with Crippen LogP contribution in [0.2, 0.25) is 0 Å². The van der Waals surface area contributed by atoms with E-state index in [1.807, 2.05) is 109 Å². The van der Waals surface area contributed by atoms with E-state index in [0.717, 1.165) is 146 Å². The largest absolute Gasteiger partial charge is 0.540 e. The Hall–Kier alpha value is -8.57. The van der Waals surface area contributed by atoms with Crippen molar-refractivity contribution in [3.63, 3.8) is 0 Å². The Morgan fingerprint density at radius 1 is 0.385 bits per heavy atom. The molecule has 3 aliphatic carbocycles. The van der Waals surface area contributed by atoms with Crippen LogP contribution in [0.15, 0.2) is 54.6 Å². The first-order valence-electron chi connectivity index (χ1n) is 46.4. The molecule has 735 valence electrons. The Bertz CT molecular complexity index is 5240. The van der Waals surface area contributed by atoms with Crippen molar-refractivity contribution in [3.05, 3.63) is 88.4 Å². The zero-order valence-electron chi connectivity index (χ0n) is 78.3. The third kappa shape index (κ3) is 25.7. The van der Waals surface area contributed by atoms with Crippen LogP contribution in [0.25, 0.3) is 33.1 Å². The molecule has 3 saturated carbocycles. The molecule has 3 N–H and O–H groups in total. The second-order valence-corrected chi connectivity index (χ2v) is 40.2. The van der Waals surface area contributed by atoms with Crippen LogP contribution in [0.1, 0.15) is 252 Å². The summed E-state index contributed by atoms with van der Waals surface area (Å²) in [6.07, 6.45) is 5.10. The summed E-state index contributed by atoms with van der Waals surface area (Å²) in [7, 11) is 0. The SMILES string of the molecule is CC[C@@H]1[C@@H]2CN(C(=O)[C@H](C(C)(C)C)NC(=O)O[C@@H]3CCC[C@H]3CCCCCc3nc4ccc(C(F)(F)F)cc4nc3O2)[C@@H]1[C-]=O.CC[C@@H]1[C@@H]2CN(C(=O)[C@H](C(C)(C)C)NC(=O)O[C@@H]3C[C@H]3CCCCCc3nc4ccc(C(F)(F)F)cc4nc3O2)[C@@H]1[C-]=O.CC[C@@H]1[C@@H]2CN(C(=O)[C@H](C(C)(C)C)NC(=O)O[C@]3(C)C[C@H]3CCCCCc3nc4ccc(C(F)(F)F)cc4nc3O2)[C@@H]1[C-]=O.[V].[V].[V]. The molecule has 6 amide bonds. The van der Waals surface area contributed by atoms with Crippen molar-refractivity contribution >= 4 is 88.0 Å². The number of carbonyl (C=O) groups is 6. The number of hydrogen-bond acceptors (Lipinski definition) is 21. The van der Waals surface area contributed by atoms with Gasteiger partial charge < -0.3 is 73.5 Å². The summed E-state index contributed by atoms with van der Waals surface area (Å²) in [5.41, 5.74) is -2.59. The predicted octanol–water partition coefficient (Wildman–Crippen LogP) is 17.3. The maximum Gasteiger partial charge on any atom is 0.416 e. The van der Waals surface area contributed by atoms with Crippen LogP contribution in [-0.4, -0.2) is 191 Å². The molecule has 6 aliphatic heterocycles. The quantitative estimate of drug-likeness (QED) is 0.0792. The molecule has 27 nitrogen and oxygen atoms in total. The summed E-state index contributed by atoms with van der Waals surface area (Å²) in [5, 5.41) is 8.31. The first kappa shape index (κ1) is 108. The molecule has 6 bridgehead atoms. The molecule has 135 heavy (non-hydrogen) atoms. The summed E-state index contributed by atoms with van der Waals surface area (Å²) >= 11 is 0. The molecule has 0 unspecified atom stereocenters. The Labute approximate surface area is 816 Å². The van der Waals surface area contributed by atoms with Crippen LogP contribution in [0.5, 0.6) is 17.6 Å². The van der Waals surface area contributed by atoms with Crippen molar-refractivity contribution in [3.8, 4) is 17.6 Å². The number of halogens is 9. The van der Waals surface area contributed by atoms with Gasteiger partial charge in [-0.2, -0.15) is 39.5 Å². The number of fused-ring (bicyclic) bond motifs is 15. The van der Waals surface area contributed by atoms with Crippen LogP contribution in [-0.2, 0) is 136 Å². The van der Waals surface area contributed by atoms with E-state index in [9.17, 15) is 82.7 Å². The summed E-state index contributed by atoms with van der Waals surface area (Å²) in [4.78, 5) is 150. The molecule has 3 aromatic carbocycles. The van der Waals surface area contributed by atoms with E-state index >= 15 is 0 Å². The molecule has 3 radical (unpaired) electrons. The zero-order valence-corrected chi connectivity index (χ0v) is 82.5. The van der Waals surface area contributed by atoms with E-state index in [0.29, 0.717) is 72.2 Å². The number of carbonyl (C=O) groups excluding carboxylic acids is 9. The molecule has 6 aromatic rings. The number of hydrogen-bond donors (Lipinski definition) is 3. The fourth-order valence-electron chi connectivity index (χ4n) is 19.7. The van der Waals surface area contributed by atoms with Crippen LogP contribution in [0.3, 0.4) is 0 Å². The monoisotopic (exact) mass is 2000 g/mol. The first-order valence-corrected chi connectivity index (χ1v) is 46.4. The van der Waals surface area contributed by atoms with E-state index in [1.54, 1.807) is 0 Å². The van der Waals surface area contributed by atoms with Gasteiger partial charge in [0.1, 0.15) is 71.3 Å². The number of nitrogens with one attached hydrogen (secondary N) is 3. The molecule has 15 rings (SSSR count). The molecule has 9 aliphatic rings. The zero-order chi connectivity index (χ0) is 95.6. The topological polar surface area (TPSA) is 332 Å². The van der Waals surface area contributed by atoms with Crippen molar-refractivity contribution in [2.45, 2.75) is 329 Å². The molecule has 39 heteroatoms. The number of alkyl carbamates (subject to hydrolysis) is 3. The van der Waals surface area contributed by atoms with E-state index < -0.39 is 165 Å². The Balaban J connectivity index is 0.000000207. The molecular weight excluding hydrogens is 1880 g/mol. The molecular formula is C96H120F9N12O15V3-3. The van der Waals surface area contributed by atoms with Crippen LogP contribution >= 0.6 is 0 Å². The minimum Gasteiger partial charge on any atom is -0.540 e. The smallest absolute Gasteiger partial charge is 0.416 e. The molecule has 3 aromatic heterocycles. The number of rotatable bonds is 6. The van der Waals surface area contributed by atoms with Crippen molar-refractivity contribution in [2.75, 3.05) is 19.6 Å².